The summed E-state index contributed by atoms with van der Waals surface area (Å²) in [6, 6.07) is 8.32. The van der Waals surface area contributed by atoms with E-state index in [0.29, 0.717) is 18.1 Å². The summed E-state index contributed by atoms with van der Waals surface area (Å²) < 4.78 is 1.23. The number of rotatable bonds is 3. The smallest absolute Gasteiger partial charge is 0.140 e. The second-order valence-electron chi connectivity index (χ2n) is 4.96. The van der Waals surface area contributed by atoms with Crippen molar-refractivity contribution >= 4 is 28.4 Å². The number of Topliss-reactive ketones (excluding diaryl/α,β-unsaturated/α-hetero) is 1. The van der Waals surface area contributed by atoms with Gasteiger partial charge in [-0.05, 0) is 53.1 Å². The first-order valence-corrected chi connectivity index (χ1v) is 7.61. The summed E-state index contributed by atoms with van der Waals surface area (Å²) in [5, 5.41) is 0. The molecule has 17 heavy (non-hydrogen) atoms. The van der Waals surface area contributed by atoms with Crippen molar-refractivity contribution in [2.45, 2.75) is 44.9 Å². The number of hydrogen-bond donors (Lipinski definition) is 0. The lowest BCUT2D eigenvalue weighted by molar-refractivity contribution is -0.122. The number of carbonyl (C=O) groups is 1. The molecule has 0 saturated heterocycles. The Bertz CT molecular complexity index is 361. The molecule has 2 heteroatoms. The number of halogens is 1. The Balaban J connectivity index is 1.93. The molecule has 0 amide bonds. The van der Waals surface area contributed by atoms with Crippen LogP contribution in [0.3, 0.4) is 0 Å². The summed E-state index contributed by atoms with van der Waals surface area (Å²) >= 11 is 2.29. The van der Waals surface area contributed by atoms with Crippen LogP contribution in [-0.4, -0.2) is 5.78 Å². The van der Waals surface area contributed by atoms with Crippen molar-refractivity contribution in [1.29, 1.82) is 0 Å². The molecule has 0 N–H and O–H groups in total. The predicted molar refractivity (Wildman–Crippen MR) is 79.1 cm³/mol. The predicted octanol–water partition coefficient (Wildman–Crippen LogP) is 4.37. The molecule has 0 spiro atoms. The van der Waals surface area contributed by atoms with Gasteiger partial charge in [-0.15, -0.1) is 0 Å². The molecule has 92 valence electrons. The highest BCUT2D eigenvalue weighted by atomic mass is 127. The maximum Gasteiger partial charge on any atom is 0.140 e. The molecule has 1 nitrogen and oxygen atoms in total. The summed E-state index contributed by atoms with van der Waals surface area (Å²) in [5.74, 6) is 0.782. The second kappa shape index (κ2) is 6.53. The lowest BCUT2D eigenvalue weighted by Crippen LogP contribution is -2.16. The molecular weight excluding hydrogens is 323 g/mol. The fourth-order valence-corrected chi connectivity index (χ4v) is 2.91. The molecule has 2 rings (SSSR count). The lowest BCUT2D eigenvalue weighted by atomic mass is 9.91. The fourth-order valence-electron chi connectivity index (χ4n) is 2.55. The van der Waals surface area contributed by atoms with Gasteiger partial charge >= 0.3 is 0 Å². The average Bonchev–Trinajstić information content (AvgIpc) is 2.61. The molecule has 1 aromatic rings. The molecule has 0 aromatic heterocycles. The minimum atomic E-state index is 0.330. The zero-order chi connectivity index (χ0) is 12.1. The largest absolute Gasteiger partial charge is 0.299 e. The molecule has 1 fully saturated rings. The van der Waals surface area contributed by atoms with E-state index in [1.807, 2.05) is 0 Å². The highest BCUT2D eigenvalue weighted by Crippen LogP contribution is 2.24. The van der Waals surface area contributed by atoms with Gasteiger partial charge in [-0.2, -0.15) is 0 Å². The van der Waals surface area contributed by atoms with Crippen molar-refractivity contribution in [2.75, 3.05) is 0 Å². The van der Waals surface area contributed by atoms with Gasteiger partial charge in [0.1, 0.15) is 5.78 Å². The number of benzene rings is 1. The molecule has 0 unspecified atom stereocenters. The lowest BCUT2D eigenvalue weighted by Gasteiger charge is -2.12. The molecule has 0 bridgehead atoms. The van der Waals surface area contributed by atoms with Crippen LogP contribution in [0.15, 0.2) is 24.3 Å². The van der Waals surface area contributed by atoms with E-state index >= 15 is 0 Å². The van der Waals surface area contributed by atoms with Crippen molar-refractivity contribution in [3.63, 3.8) is 0 Å². The molecule has 1 aliphatic carbocycles. The molecule has 1 aliphatic rings. The van der Waals surface area contributed by atoms with Crippen LogP contribution in [0.5, 0.6) is 0 Å². The summed E-state index contributed by atoms with van der Waals surface area (Å²) in [4.78, 5) is 12.2. The standard InChI is InChI=1S/C15H19IO/c16-14-9-7-12(8-10-14)11-15(17)13-5-3-1-2-4-6-13/h7-10,13H,1-6,11H2. The quantitative estimate of drug-likeness (QED) is 0.589. The molecular formula is C15H19IO. The van der Waals surface area contributed by atoms with Gasteiger partial charge in [0.2, 0.25) is 0 Å². The first-order valence-electron chi connectivity index (χ1n) is 6.53. The topological polar surface area (TPSA) is 17.1 Å². The highest BCUT2D eigenvalue weighted by molar-refractivity contribution is 14.1. The SMILES string of the molecule is O=C(Cc1ccc(I)cc1)C1CCCCCC1. The van der Waals surface area contributed by atoms with Crippen molar-refractivity contribution < 1.29 is 4.79 Å². The van der Waals surface area contributed by atoms with Crippen LogP contribution in [0.1, 0.15) is 44.1 Å². The minimum Gasteiger partial charge on any atom is -0.299 e. The summed E-state index contributed by atoms with van der Waals surface area (Å²) in [6.07, 6.45) is 7.96. The van der Waals surface area contributed by atoms with E-state index in [9.17, 15) is 4.79 Å². The van der Waals surface area contributed by atoms with Crippen LogP contribution in [0, 0.1) is 9.49 Å². The Morgan fingerprint density at radius 1 is 1.06 bits per heavy atom. The Kier molecular flexibility index (Phi) is 5.01. The van der Waals surface area contributed by atoms with E-state index in [0.717, 1.165) is 12.8 Å². The molecule has 1 saturated carbocycles. The Hall–Kier alpha value is -0.380. The summed E-state index contributed by atoms with van der Waals surface area (Å²) in [6.45, 7) is 0. The first kappa shape index (κ1) is 13.1. The third kappa shape index (κ3) is 4.09. The first-order chi connectivity index (χ1) is 8.25. The van der Waals surface area contributed by atoms with E-state index < -0.39 is 0 Å². The van der Waals surface area contributed by atoms with Gasteiger partial charge < -0.3 is 0 Å². The molecule has 0 atom stereocenters. The van der Waals surface area contributed by atoms with E-state index in [-0.39, 0.29) is 0 Å². The monoisotopic (exact) mass is 342 g/mol. The van der Waals surface area contributed by atoms with Crippen molar-refractivity contribution in [3.05, 3.63) is 33.4 Å². The van der Waals surface area contributed by atoms with Crippen LogP contribution >= 0.6 is 22.6 Å². The highest BCUT2D eigenvalue weighted by Gasteiger charge is 2.19. The van der Waals surface area contributed by atoms with Crippen LogP contribution in [0.4, 0.5) is 0 Å². The molecule has 0 heterocycles. The van der Waals surface area contributed by atoms with Crippen LogP contribution in [-0.2, 0) is 11.2 Å². The average molecular weight is 342 g/mol. The molecule has 0 radical (unpaired) electrons. The van der Waals surface area contributed by atoms with Crippen LogP contribution < -0.4 is 0 Å². The normalized spacial score (nSPS) is 17.7. The van der Waals surface area contributed by atoms with Gasteiger partial charge in [0, 0.05) is 15.9 Å². The minimum absolute atomic E-state index is 0.330. The van der Waals surface area contributed by atoms with Gasteiger partial charge in [-0.25, -0.2) is 0 Å². The zero-order valence-electron chi connectivity index (χ0n) is 10.1. The van der Waals surface area contributed by atoms with E-state index in [4.69, 9.17) is 0 Å². The third-order valence-corrected chi connectivity index (χ3v) is 4.32. The Morgan fingerprint density at radius 2 is 1.65 bits per heavy atom. The van der Waals surface area contributed by atoms with E-state index in [1.165, 1.54) is 34.8 Å². The van der Waals surface area contributed by atoms with E-state index in [2.05, 4.69) is 46.9 Å². The van der Waals surface area contributed by atoms with Gasteiger partial charge in [0.25, 0.3) is 0 Å². The van der Waals surface area contributed by atoms with Gasteiger partial charge in [0.15, 0.2) is 0 Å². The fraction of sp³-hybridized carbons (Fsp3) is 0.533. The molecule has 0 aliphatic heterocycles. The third-order valence-electron chi connectivity index (χ3n) is 3.60. The van der Waals surface area contributed by atoms with E-state index in [1.54, 1.807) is 0 Å². The maximum absolute atomic E-state index is 12.2. The van der Waals surface area contributed by atoms with Crippen molar-refractivity contribution in [2.24, 2.45) is 5.92 Å². The van der Waals surface area contributed by atoms with Gasteiger partial charge in [0.05, 0.1) is 0 Å². The molecule has 1 aromatic carbocycles. The second-order valence-corrected chi connectivity index (χ2v) is 6.20. The number of hydrogen-bond acceptors (Lipinski definition) is 1. The number of ketones is 1. The summed E-state index contributed by atoms with van der Waals surface area (Å²) in [5.41, 5.74) is 1.17. The van der Waals surface area contributed by atoms with Gasteiger partial charge in [-0.3, -0.25) is 4.79 Å². The number of carbonyl (C=O) groups excluding carboxylic acids is 1. The van der Waals surface area contributed by atoms with Crippen LogP contribution in [0.2, 0.25) is 0 Å². The van der Waals surface area contributed by atoms with Gasteiger partial charge in [-0.1, -0.05) is 37.8 Å². The summed E-state index contributed by atoms with van der Waals surface area (Å²) in [7, 11) is 0. The Labute approximate surface area is 117 Å². The maximum atomic E-state index is 12.2. The Morgan fingerprint density at radius 3 is 2.24 bits per heavy atom. The van der Waals surface area contributed by atoms with Crippen LogP contribution in [0.25, 0.3) is 0 Å². The zero-order valence-corrected chi connectivity index (χ0v) is 12.3. The van der Waals surface area contributed by atoms with Crippen molar-refractivity contribution in [3.8, 4) is 0 Å². The van der Waals surface area contributed by atoms with Crippen molar-refractivity contribution in [1.82, 2.24) is 0 Å².